The van der Waals surface area contributed by atoms with E-state index in [0.29, 0.717) is 6.10 Å². The number of thiophene rings is 1. The van der Waals surface area contributed by atoms with Crippen LogP contribution in [0.15, 0.2) is 12.1 Å². The van der Waals surface area contributed by atoms with Crippen molar-refractivity contribution in [1.82, 2.24) is 0 Å². The molecular formula is C11H19NOS. The predicted molar refractivity (Wildman–Crippen MR) is 61.7 cm³/mol. The largest absolute Gasteiger partial charge is 0.382 e. The zero-order valence-electron chi connectivity index (χ0n) is 9.12. The van der Waals surface area contributed by atoms with Crippen LogP contribution in [-0.4, -0.2) is 13.2 Å². The van der Waals surface area contributed by atoms with Gasteiger partial charge >= 0.3 is 0 Å². The summed E-state index contributed by atoms with van der Waals surface area (Å²) in [5, 5.41) is 0. The highest BCUT2D eigenvalue weighted by molar-refractivity contribution is 7.12. The summed E-state index contributed by atoms with van der Waals surface area (Å²) in [6, 6.07) is 4.42. The molecule has 0 aromatic carbocycles. The van der Waals surface area contributed by atoms with Gasteiger partial charge in [0.15, 0.2) is 0 Å². The van der Waals surface area contributed by atoms with Crippen LogP contribution in [0.4, 0.5) is 0 Å². The van der Waals surface area contributed by atoms with Crippen molar-refractivity contribution < 1.29 is 4.74 Å². The van der Waals surface area contributed by atoms with E-state index < -0.39 is 0 Å². The topological polar surface area (TPSA) is 35.2 Å². The molecule has 1 aromatic heterocycles. The minimum absolute atomic E-state index is 0.172. The van der Waals surface area contributed by atoms with Gasteiger partial charge < -0.3 is 10.5 Å². The maximum absolute atomic E-state index is 6.07. The summed E-state index contributed by atoms with van der Waals surface area (Å²) in [4.78, 5) is 2.61. The Morgan fingerprint density at radius 3 is 2.64 bits per heavy atom. The summed E-state index contributed by atoms with van der Waals surface area (Å²) in [5.41, 5.74) is 6.07. The van der Waals surface area contributed by atoms with Gasteiger partial charge in [-0.05, 0) is 38.8 Å². The van der Waals surface area contributed by atoms with Crippen LogP contribution in [0.1, 0.15) is 35.6 Å². The summed E-state index contributed by atoms with van der Waals surface area (Å²) < 4.78 is 5.19. The normalized spacial score (nSPS) is 15.4. The molecule has 0 saturated carbocycles. The highest BCUT2D eigenvalue weighted by Gasteiger charge is 2.09. The van der Waals surface area contributed by atoms with Crippen LogP contribution in [0.3, 0.4) is 0 Å². The Kier molecular flexibility index (Phi) is 4.58. The van der Waals surface area contributed by atoms with E-state index in [2.05, 4.69) is 26.0 Å². The van der Waals surface area contributed by atoms with Crippen molar-refractivity contribution in [1.29, 1.82) is 0 Å². The molecule has 0 radical (unpaired) electrons. The molecule has 0 aliphatic heterocycles. The molecule has 0 saturated heterocycles. The van der Waals surface area contributed by atoms with Crippen LogP contribution < -0.4 is 5.73 Å². The van der Waals surface area contributed by atoms with Crippen molar-refractivity contribution in [3.63, 3.8) is 0 Å². The molecule has 1 rings (SSSR count). The third-order valence-corrected chi connectivity index (χ3v) is 3.55. The van der Waals surface area contributed by atoms with E-state index in [-0.39, 0.29) is 6.04 Å². The van der Waals surface area contributed by atoms with Crippen LogP contribution >= 0.6 is 11.3 Å². The van der Waals surface area contributed by atoms with Gasteiger partial charge in [-0.3, -0.25) is 0 Å². The number of rotatable bonds is 5. The Balaban J connectivity index is 2.39. The quantitative estimate of drug-likeness (QED) is 0.816. The molecule has 0 bridgehead atoms. The molecule has 80 valence electrons. The van der Waals surface area contributed by atoms with Gasteiger partial charge in [0.2, 0.25) is 0 Å². The van der Waals surface area contributed by atoms with Gasteiger partial charge in [-0.15, -0.1) is 11.3 Å². The molecular weight excluding hydrogens is 194 g/mol. The van der Waals surface area contributed by atoms with E-state index in [4.69, 9.17) is 10.5 Å². The summed E-state index contributed by atoms with van der Waals surface area (Å²) in [6.45, 7) is 4.19. The first kappa shape index (κ1) is 11.7. The lowest BCUT2D eigenvalue weighted by atomic mass is 10.1. The van der Waals surface area contributed by atoms with E-state index in [1.165, 1.54) is 9.75 Å². The molecule has 0 aliphatic rings. The molecule has 0 amide bonds. The van der Waals surface area contributed by atoms with Gasteiger partial charge in [0.1, 0.15) is 0 Å². The highest BCUT2D eigenvalue weighted by Crippen LogP contribution is 2.24. The van der Waals surface area contributed by atoms with Gasteiger partial charge in [-0.2, -0.15) is 0 Å². The fourth-order valence-corrected chi connectivity index (χ4v) is 2.24. The second-order valence-corrected chi connectivity index (χ2v) is 5.00. The number of methoxy groups -OCH3 is 1. The van der Waals surface area contributed by atoms with Gasteiger partial charge in [0.25, 0.3) is 0 Å². The van der Waals surface area contributed by atoms with Crippen molar-refractivity contribution in [3.8, 4) is 0 Å². The first-order chi connectivity index (χ1) is 6.63. The zero-order valence-corrected chi connectivity index (χ0v) is 9.93. The first-order valence-electron chi connectivity index (χ1n) is 4.98. The van der Waals surface area contributed by atoms with Crippen LogP contribution in [-0.2, 0) is 4.74 Å². The molecule has 1 heterocycles. The summed E-state index contributed by atoms with van der Waals surface area (Å²) >= 11 is 1.79. The maximum atomic E-state index is 6.07. The van der Waals surface area contributed by atoms with Gasteiger partial charge in [0, 0.05) is 22.9 Å². The zero-order chi connectivity index (χ0) is 10.6. The standard InChI is InChI=1S/C11H19NOS/c1-8(13-3)4-6-10(12)11-7-5-9(2)14-11/h5,7-8,10H,4,6,12H2,1-3H3. The minimum Gasteiger partial charge on any atom is -0.382 e. The second kappa shape index (κ2) is 5.49. The highest BCUT2D eigenvalue weighted by atomic mass is 32.1. The fourth-order valence-electron chi connectivity index (χ4n) is 1.33. The van der Waals surface area contributed by atoms with Crippen LogP contribution in [0.2, 0.25) is 0 Å². The molecule has 2 N–H and O–H groups in total. The number of hydrogen-bond donors (Lipinski definition) is 1. The monoisotopic (exact) mass is 213 g/mol. The predicted octanol–water partition coefficient (Wildman–Crippen LogP) is 2.87. The van der Waals surface area contributed by atoms with Gasteiger partial charge in [-0.25, -0.2) is 0 Å². The lowest BCUT2D eigenvalue weighted by Crippen LogP contribution is -2.13. The molecule has 2 unspecified atom stereocenters. The molecule has 0 spiro atoms. The van der Waals surface area contributed by atoms with E-state index in [1.807, 2.05) is 0 Å². The van der Waals surface area contributed by atoms with Crippen LogP contribution in [0.25, 0.3) is 0 Å². The molecule has 2 atom stereocenters. The number of ether oxygens (including phenoxy) is 1. The SMILES string of the molecule is COC(C)CCC(N)c1ccc(C)s1. The molecule has 2 nitrogen and oxygen atoms in total. The van der Waals surface area contributed by atoms with Crippen LogP contribution in [0.5, 0.6) is 0 Å². The first-order valence-corrected chi connectivity index (χ1v) is 5.80. The third-order valence-electron chi connectivity index (χ3n) is 2.41. The Morgan fingerprint density at radius 2 is 2.14 bits per heavy atom. The average molecular weight is 213 g/mol. The Hall–Kier alpha value is -0.380. The fraction of sp³-hybridized carbons (Fsp3) is 0.636. The average Bonchev–Trinajstić information content (AvgIpc) is 2.60. The van der Waals surface area contributed by atoms with Crippen molar-refractivity contribution >= 4 is 11.3 Å². The molecule has 0 aliphatic carbocycles. The third kappa shape index (κ3) is 3.40. The van der Waals surface area contributed by atoms with E-state index in [1.54, 1.807) is 18.4 Å². The second-order valence-electron chi connectivity index (χ2n) is 3.68. The van der Waals surface area contributed by atoms with Crippen molar-refractivity contribution in [3.05, 3.63) is 21.9 Å². The van der Waals surface area contributed by atoms with E-state index >= 15 is 0 Å². The van der Waals surface area contributed by atoms with Gasteiger partial charge in [0.05, 0.1) is 6.10 Å². The maximum Gasteiger partial charge on any atom is 0.0543 e. The van der Waals surface area contributed by atoms with Crippen molar-refractivity contribution in [2.75, 3.05) is 7.11 Å². The lowest BCUT2D eigenvalue weighted by Gasteiger charge is -2.13. The Bertz CT molecular complexity index is 272. The molecule has 3 heteroatoms. The summed E-state index contributed by atoms with van der Waals surface area (Å²) in [7, 11) is 1.74. The van der Waals surface area contributed by atoms with Crippen molar-refractivity contribution in [2.45, 2.75) is 38.8 Å². The number of aryl methyl sites for hydroxylation is 1. The number of nitrogens with two attached hydrogens (primary N) is 1. The lowest BCUT2D eigenvalue weighted by molar-refractivity contribution is 0.107. The summed E-state index contributed by atoms with van der Waals surface area (Å²) in [5.74, 6) is 0. The Labute approximate surface area is 90.1 Å². The van der Waals surface area contributed by atoms with Crippen LogP contribution in [0, 0.1) is 6.92 Å². The Morgan fingerprint density at radius 1 is 1.43 bits per heavy atom. The number of hydrogen-bond acceptors (Lipinski definition) is 3. The molecule has 14 heavy (non-hydrogen) atoms. The molecule has 0 fully saturated rings. The minimum atomic E-state index is 0.172. The van der Waals surface area contributed by atoms with E-state index in [9.17, 15) is 0 Å². The van der Waals surface area contributed by atoms with Gasteiger partial charge in [-0.1, -0.05) is 0 Å². The molecule has 1 aromatic rings. The summed E-state index contributed by atoms with van der Waals surface area (Å²) in [6.07, 6.45) is 2.32. The van der Waals surface area contributed by atoms with Crippen molar-refractivity contribution in [2.24, 2.45) is 5.73 Å². The smallest absolute Gasteiger partial charge is 0.0543 e. The van der Waals surface area contributed by atoms with E-state index in [0.717, 1.165) is 12.8 Å².